The van der Waals surface area contributed by atoms with E-state index in [9.17, 15) is 22.8 Å². The molecular formula is C22H18F3N3O2S. The van der Waals surface area contributed by atoms with Gasteiger partial charge in [0.1, 0.15) is 0 Å². The number of alkyl halides is 3. The highest BCUT2D eigenvalue weighted by molar-refractivity contribution is 7.12. The third-order valence-electron chi connectivity index (χ3n) is 4.94. The Hall–Kier alpha value is -3.33. The molecule has 1 aliphatic heterocycles. The first-order valence-electron chi connectivity index (χ1n) is 9.49. The average Bonchev–Trinajstić information content (AvgIpc) is 3.27. The fourth-order valence-electron chi connectivity index (χ4n) is 3.43. The van der Waals surface area contributed by atoms with Gasteiger partial charge in [-0.2, -0.15) is 13.2 Å². The second kappa shape index (κ2) is 8.43. The zero-order chi connectivity index (χ0) is 22.0. The molecule has 4 rings (SSSR count). The van der Waals surface area contributed by atoms with E-state index in [1.54, 1.807) is 23.1 Å². The molecule has 0 aliphatic carbocycles. The molecule has 160 valence electrons. The normalized spacial score (nSPS) is 13.5. The lowest BCUT2D eigenvalue weighted by Crippen LogP contribution is -2.35. The number of nitrogens with zero attached hydrogens (tertiary/aromatic N) is 1. The van der Waals surface area contributed by atoms with Gasteiger partial charge in [-0.3, -0.25) is 4.79 Å². The summed E-state index contributed by atoms with van der Waals surface area (Å²) < 4.78 is 38.5. The molecular weight excluding hydrogens is 427 g/mol. The summed E-state index contributed by atoms with van der Waals surface area (Å²) in [5.74, 6) is -0.0266. The van der Waals surface area contributed by atoms with Gasteiger partial charge in [0.2, 0.25) is 0 Å². The van der Waals surface area contributed by atoms with Gasteiger partial charge in [0.25, 0.3) is 5.91 Å². The number of hydrogen-bond acceptors (Lipinski definition) is 3. The topological polar surface area (TPSA) is 61.4 Å². The summed E-state index contributed by atoms with van der Waals surface area (Å²) in [5, 5.41) is 6.91. The van der Waals surface area contributed by atoms with Crippen molar-refractivity contribution in [3.05, 3.63) is 81.5 Å². The molecule has 9 heteroatoms. The first-order valence-corrected chi connectivity index (χ1v) is 10.4. The first-order chi connectivity index (χ1) is 14.8. The number of rotatable bonds is 3. The molecule has 1 aromatic heterocycles. The lowest BCUT2D eigenvalue weighted by Gasteiger charge is -2.29. The highest BCUT2D eigenvalue weighted by Gasteiger charge is 2.30. The molecule has 2 heterocycles. The summed E-state index contributed by atoms with van der Waals surface area (Å²) in [6, 6.07) is 12.8. The van der Waals surface area contributed by atoms with Crippen molar-refractivity contribution < 1.29 is 22.8 Å². The Balaban J connectivity index is 1.43. The summed E-state index contributed by atoms with van der Waals surface area (Å²) in [5.41, 5.74) is 1.72. The maximum atomic E-state index is 12.8. The fraction of sp³-hybridized carbons (Fsp3) is 0.182. The zero-order valence-electron chi connectivity index (χ0n) is 16.2. The standard InChI is InChI=1S/C22H18F3N3O2S/c23-22(24,25)16-3-1-4-17(12-16)26-21(30)27-18-7-6-14-8-9-28(13-15(14)11-18)20(29)19-5-2-10-31-19/h1-7,10-12H,8-9,13H2,(H2,26,27,30). The van der Waals surface area contributed by atoms with E-state index >= 15 is 0 Å². The van der Waals surface area contributed by atoms with Crippen LogP contribution in [0.5, 0.6) is 0 Å². The maximum absolute atomic E-state index is 12.8. The minimum atomic E-state index is -4.49. The van der Waals surface area contributed by atoms with Gasteiger partial charge in [0.05, 0.1) is 10.4 Å². The molecule has 0 unspecified atom stereocenters. The average molecular weight is 445 g/mol. The van der Waals surface area contributed by atoms with Gasteiger partial charge in [-0.25, -0.2) is 4.79 Å². The number of fused-ring (bicyclic) bond motifs is 1. The number of benzene rings is 2. The molecule has 0 saturated heterocycles. The Bertz CT molecular complexity index is 1110. The highest BCUT2D eigenvalue weighted by Crippen LogP contribution is 2.31. The van der Waals surface area contributed by atoms with Crippen molar-refractivity contribution in [2.75, 3.05) is 17.2 Å². The number of anilines is 2. The lowest BCUT2D eigenvalue weighted by molar-refractivity contribution is -0.137. The van der Waals surface area contributed by atoms with Crippen molar-refractivity contribution >= 4 is 34.6 Å². The van der Waals surface area contributed by atoms with Crippen molar-refractivity contribution in [3.63, 3.8) is 0 Å². The number of amides is 3. The second-order valence-electron chi connectivity index (χ2n) is 7.10. The Morgan fingerprint density at radius 1 is 0.935 bits per heavy atom. The number of hydrogen-bond donors (Lipinski definition) is 2. The van der Waals surface area contributed by atoms with Crippen molar-refractivity contribution in [1.29, 1.82) is 0 Å². The Kier molecular flexibility index (Phi) is 5.69. The van der Waals surface area contributed by atoms with E-state index in [-0.39, 0.29) is 11.6 Å². The van der Waals surface area contributed by atoms with E-state index < -0.39 is 17.8 Å². The minimum absolute atomic E-state index is 0.0266. The van der Waals surface area contributed by atoms with E-state index in [0.29, 0.717) is 30.1 Å². The number of urea groups is 1. The molecule has 0 fully saturated rings. The molecule has 0 atom stereocenters. The molecule has 1 aliphatic rings. The number of nitrogens with one attached hydrogen (secondary N) is 2. The number of halogens is 3. The molecule has 0 bridgehead atoms. The molecule has 3 amide bonds. The summed E-state index contributed by atoms with van der Waals surface area (Å²) in [6.45, 7) is 1.05. The Morgan fingerprint density at radius 3 is 2.42 bits per heavy atom. The predicted molar refractivity (Wildman–Crippen MR) is 113 cm³/mol. The molecule has 0 saturated carbocycles. The third-order valence-corrected chi connectivity index (χ3v) is 5.80. The van der Waals surface area contributed by atoms with Crippen LogP contribution in [-0.4, -0.2) is 23.4 Å². The van der Waals surface area contributed by atoms with Crippen molar-refractivity contribution in [1.82, 2.24) is 4.90 Å². The van der Waals surface area contributed by atoms with Gasteiger partial charge in [-0.05, 0) is 59.3 Å². The van der Waals surface area contributed by atoms with Gasteiger partial charge in [0, 0.05) is 24.5 Å². The molecule has 2 N–H and O–H groups in total. The maximum Gasteiger partial charge on any atom is 0.416 e. The van der Waals surface area contributed by atoms with Gasteiger partial charge < -0.3 is 15.5 Å². The summed E-state index contributed by atoms with van der Waals surface area (Å²) >= 11 is 1.39. The van der Waals surface area contributed by atoms with Crippen LogP contribution in [0.15, 0.2) is 60.0 Å². The van der Waals surface area contributed by atoms with Crippen molar-refractivity contribution in [2.24, 2.45) is 0 Å². The molecule has 3 aromatic rings. The van der Waals surface area contributed by atoms with Gasteiger partial charge in [-0.15, -0.1) is 11.3 Å². The third kappa shape index (κ3) is 4.88. The number of carbonyl (C=O) groups is 2. The second-order valence-corrected chi connectivity index (χ2v) is 8.04. The van der Waals surface area contributed by atoms with Gasteiger partial charge in [-0.1, -0.05) is 18.2 Å². The number of carbonyl (C=O) groups excluding carboxylic acids is 2. The smallest absolute Gasteiger partial charge is 0.333 e. The Morgan fingerprint density at radius 2 is 1.71 bits per heavy atom. The van der Waals surface area contributed by atoms with E-state index in [2.05, 4.69) is 10.6 Å². The van der Waals surface area contributed by atoms with Crippen LogP contribution in [0.1, 0.15) is 26.4 Å². The van der Waals surface area contributed by atoms with Crippen LogP contribution < -0.4 is 10.6 Å². The van der Waals surface area contributed by atoms with Crippen LogP contribution in [0, 0.1) is 0 Å². The fourth-order valence-corrected chi connectivity index (χ4v) is 4.12. The van der Waals surface area contributed by atoms with Crippen LogP contribution in [0.4, 0.5) is 29.3 Å². The van der Waals surface area contributed by atoms with E-state index in [4.69, 9.17) is 0 Å². The highest BCUT2D eigenvalue weighted by atomic mass is 32.1. The summed E-state index contributed by atoms with van der Waals surface area (Å²) in [6.07, 6.45) is -3.78. The molecule has 5 nitrogen and oxygen atoms in total. The molecule has 31 heavy (non-hydrogen) atoms. The van der Waals surface area contributed by atoms with Crippen molar-refractivity contribution in [3.8, 4) is 0 Å². The molecule has 2 aromatic carbocycles. The SMILES string of the molecule is O=C(Nc1cccc(C(F)(F)F)c1)Nc1ccc2c(c1)CN(C(=O)c1cccs1)CC2. The van der Waals surface area contributed by atoms with Crippen LogP contribution >= 0.6 is 11.3 Å². The van der Waals surface area contributed by atoms with Crippen LogP contribution in [0.25, 0.3) is 0 Å². The zero-order valence-corrected chi connectivity index (χ0v) is 17.0. The van der Waals surface area contributed by atoms with Crippen LogP contribution in [0.2, 0.25) is 0 Å². The van der Waals surface area contributed by atoms with Gasteiger partial charge in [0.15, 0.2) is 0 Å². The summed E-state index contributed by atoms with van der Waals surface area (Å²) in [7, 11) is 0. The summed E-state index contributed by atoms with van der Waals surface area (Å²) in [4.78, 5) is 27.3. The molecule has 0 radical (unpaired) electrons. The lowest BCUT2D eigenvalue weighted by atomic mass is 9.99. The minimum Gasteiger partial charge on any atom is -0.333 e. The van der Waals surface area contributed by atoms with E-state index in [0.717, 1.165) is 23.3 Å². The van der Waals surface area contributed by atoms with E-state index in [1.807, 2.05) is 17.5 Å². The number of thiophene rings is 1. The largest absolute Gasteiger partial charge is 0.416 e. The first kappa shape index (κ1) is 20.9. The van der Waals surface area contributed by atoms with Crippen molar-refractivity contribution in [2.45, 2.75) is 19.1 Å². The monoisotopic (exact) mass is 445 g/mol. The van der Waals surface area contributed by atoms with Gasteiger partial charge >= 0.3 is 12.2 Å². The van der Waals surface area contributed by atoms with Crippen LogP contribution in [-0.2, 0) is 19.1 Å². The quantitative estimate of drug-likeness (QED) is 0.551. The molecule has 0 spiro atoms. The van der Waals surface area contributed by atoms with Crippen LogP contribution in [0.3, 0.4) is 0 Å². The van der Waals surface area contributed by atoms with E-state index in [1.165, 1.54) is 23.5 Å². The predicted octanol–water partition coefficient (Wildman–Crippen LogP) is 5.61. The Labute approximate surface area is 180 Å².